The molecule has 2 N–H and O–H groups in total. The van der Waals surface area contributed by atoms with E-state index < -0.39 is 0 Å². The molecule has 0 aliphatic carbocycles. The Hall–Kier alpha value is -0.560. The van der Waals surface area contributed by atoms with Crippen LogP contribution in [0.2, 0.25) is 0 Å². The minimum Gasteiger partial charge on any atom is -0.454 e. The summed E-state index contributed by atoms with van der Waals surface area (Å²) in [6.45, 7) is 1.41. The van der Waals surface area contributed by atoms with Crippen molar-refractivity contribution >= 4 is 28.5 Å². The van der Waals surface area contributed by atoms with E-state index in [1.165, 1.54) is 0 Å². The summed E-state index contributed by atoms with van der Waals surface area (Å²) in [6.07, 6.45) is 3.07. The Balaban J connectivity index is 1.86. The molecule has 1 fully saturated rings. The average Bonchev–Trinajstić information content (AvgIpc) is 2.56. The standard InChI is InChI=1S/C11H15IN2O2/c12-10-5-4-8(16-10)7-14-9-3-1-2-6-13-11(9)15/h4-5,9,14H,1-3,6-7H2,(H,13,15). The molecule has 1 atom stereocenters. The third kappa shape index (κ3) is 3.21. The first kappa shape index (κ1) is 11.9. The molecule has 1 amide bonds. The van der Waals surface area contributed by atoms with Crippen molar-refractivity contribution in [1.29, 1.82) is 0 Å². The fourth-order valence-electron chi connectivity index (χ4n) is 1.80. The van der Waals surface area contributed by atoms with Crippen LogP contribution in [0.1, 0.15) is 25.0 Å². The second-order valence-corrected chi connectivity index (χ2v) is 4.99. The second-order valence-electron chi connectivity index (χ2n) is 3.93. The number of carbonyl (C=O) groups excluding carboxylic acids is 1. The molecule has 0 saturated carbocycles. The Kier molecular flexibility index (Phi) is 4.22. The van der Waals surface area contributed by atoms with Crippen molar-refractivity contribution in [2.24, 2.45) is 0 Å². The van der Waals surface area contributed by atoms with Crippen LogP contribution in [0.15, 0.2) is 16.5 Å². The summed E-state index contributed by atoms with van der Waals surface area (Å²) in [5, 5.41) is 6.13. The first-order chi connectivity index (χ1) is 7.75. The van der Waals surface area contributed by atoms with Gasteiger partial charge in [-0.3, -0.25) is 10.1 Å². The van der Waals surface area contributed by atoms with Crippen LogP contribution in [0.4, 0.5) is 0 Å². The van der Waals surface area contributed by atoms with Gasteiger partial charge in [-0.1, -0.05) is 0 Å². The lowest BCUT2D eigenvalue weighted by atomic mass is 10.1. The molecule has 0 bridgehead atoms. The second kappa shape index (κ2) is 5.67. The number of amides is 1. The summed E-state index contributed by atoms with van der Waals surface area (Å²) in [5.41, 5.74) is 0. The molecule has 88 valence electrons. The number of halogens is 1. The van der Waals surface area contributed by atoms with Crippen molar-refractivity contribution in [2.45, 2.75) is 31.8 Å². The normalized spacial score (nSPS) is 21.6. The van der Waals surface area contributed by atoms with E-state index in [1.54, 1.807) is 0 Å². The molecular weight excluding hydrogens is 319 g/mol. The largest absolute Gasteiger partial charge is 0.454 e. The zero-order valence-electron chi connectivity index (χ0n) is 8.96. The molecule has 0 radical (unpaired) electrons. The van der Waals surface area contributed by atoms with E-state index in [-0.39, 0.29) is 11.9 Å². The highest BCUT2D eigenvalue weighted by molar-refractivity contribution is 14.1. The van der Waals surface area contributed by atoms with Crippen LogP contribution in [-0.2, 0) is 11.3 Å². The monoisotopic (exact) mass is 334 g/mol. The quantitative estimate of drug-likeness (QED) is 0.827. The number of carbonyl (C=O) groups is 1. The molecular formula is C11H15IN2O2. The van der Waals surface area contributed by atoms with Gasteiger partial charge in [-0.05, 0) is 54.0 Å². The van der Waals surface area contributed by atoms with Gasteiger partial charge >= 0.3 is 0 Å². The SMILES string of the molecule is O=C1NCCCCC1NCc1ccc(I)o1. The van der Waals surface area contributed by atoms with Gasteiger partial charge in [-0.25, -0.2) is 0 Å². The van der Waals surface area contributed by atoms with Crippen molar-refractivity contribution < 1.29 is 9.21 Å². The summed E-state index contributed by atoms with van der Waals surface area (Å²) in [4.78, 5) is 11.6. The summed E-state index contributed by atoms with van der Waals surface area (Å²) in [5.74, 6) is 0.986. The molecule has 4 nitrogen and oxygen atoms in total. The summed E-state index contributed by atoms with van der Waals surface area (Å²) >= 11 is 2.13. The maximum absolute atomic E-state index is 11.6. The molecule has 2 rings (SSSR count). The minimum absolute atomic E-state index is 0.0785. The van der Waals surface area contributed by atoms with E-state index >= 15 is 0 Å². The lowest BCUT2D eigenvalue weighted by molar-refractivity contribution is -0.122. The number of nitrogens with one attached hydrogen (secondary N) is 2. The maximum atomic E-state index is 11.6. The van der Waals surface area contributed by atoms with Gasteiger partial charge in [0.2, 0.25) is 5.91 Å². The number of rotatable bonds is 3. The molecule has 0 spiro atoms. The van der Waals surface area contributed by atoms with E-state index in [2.05, 4.69) is 33.2 Å². The molecule has 16 heavy (non-hydrogen) atoms. The average molecular weight is 334 g/mol. The van der Waals surface area contributed by atoms with Crippen molar-refractivity contribution in [3.63, 3.8) is 0 Å². The van der Waals surface area contributed by atoms with Gasteiger partial charge in [0.05, 0.1) is 12.6 Å². The molecule has 1 aromatic heterocycles. The first-order valence-electron chi connectivity index (χ1n) is 5.51. The molecule has 1 saturated heterocycles. The molecule has 1 aliphatic rings. The Morgan fingerprint density at radius 2 is 2.38 bits per heavy atom. The van der Waals surface area contributed by atoms with Crippen LogP contribution < -0.4 is 10.6 Å². The lowest BCUT2D eigenvalue weighted by Gasteiger charge is -2.13. The third-order valence-corrected chi connectivity index (χ3v) is 3.27. The number of hydrogen-bond donors (Lipinski definition) is 2. The third-order valence-electron chi connectivity index (χ3n) is 2.69. The van der Waals surface area contributed by atoms with Crippen LogP contribution in [0.25, 0.3) is 0 Å². The Morgan fingerprint density at radius 3 is 3.12 bits per heavy atom. The summed E-state index contributed by atoms with van der Waals surface area (Å²) in [6, 6.07) is 3.78. The van der Waals surface area contributed by atoms with Crippen molar-refractivity contribution in [2.75, 3.05) is 6.54 Å². The number of hydrogen-bond acceptors (Lipinski definition) is 3. The fourth-order valence-corrected chi connectivity index (χ4v) is 2.27. The molecule has 1 unspecified atom stereocenters. The first-order valence-corrected chi connectivity index (χ1v) is 6.59. The highest BCUT2D eigenvalue weighted by Crippen LogP contribution is 2.11. The molecule has 1 aromatic rings. The zero-order chi connectivity index (χ0) is 11.4. The van der Waals surface area contributed by atoms with Gasteiger partial charge in [-0.15, -0.1) is 0 Å². The Labute approximate surface area is 108 Å². The van der Waals surface area contributed by atoms with Crippen LogP contribution in [0.5, 0.6) is 0 Å². The van der Waals surface area contributed by atoms with E-state index in [0.29, 0.717) is 6.54 Å². The minimum atomic E-state index is -0.0785. The number of furan rings is 1. The van der Waals surface area contributed by atoms with E-state index in [9.17, 15) is 4.79 Å². The molecule has 1 aliphatic heterocycles. The molecule has 0 aromatic carbocycles. The fraction of sp³-hybridized carbons (Fsp3) is 0.545. The van der Waals surface area contributed by atoms with E-state index in [0.717, 1.165) is 35.3 Å². The highest BCUT2D eigenvalue weighted by Gasteiger charge is 2.19. The van der Waals surface area contributed by atoms with Crippen LogP contribution in [0.3, 0.4) is 0 Å². The highest BCUT2D eigenvalue weighted by atomic mass is 127. The summed E-state index contributed by atoms with van der Waals surface area (Å²) in [7, 11) is 0. The van der Waals surface area contributed by atoms with Crippen molar-refractivity contribution in [1.82, 2.24) is 10.6 Å². The Bertz CT molecular complexity index is 365. The van der Waals surface area contributed by atoms with Gasteiger partial charge in [0, 0.05) is 6.54 Å². The topological polar surface area (TPSA) is 54.3 Å². The van der Waals surface area contributed by atoms with Crippen molar-refractivity contribution in [3.8, 4) is 0 Å². The van der Waals surface area contributed by atoms with Crippen LogP contribution in [-0.4, -0.2) is 18.5 Å². The lowest BCUT2D eigenvalue weighted by Crippen LogP contribution is -2.42. The van der Waals surface area contributed by atoms with E-state index in [1.807, 2.05) is 12.1 Å². The predicted molar refractivity (Wildman–Crippen MR) is 68.9 cm³/mol. The van der Waals surface area contributed by atoms with Crippen LogP contribution >= 0.6 is 22.6 Å². The summed E-state index contributed by atoms with van der Waals surface area (Å²) < 4.78 is 6.31. The van der Waals surface area contributed by atoms with E-state index in [4.69, 9.17) is 4.42 Å². The smallest absolute Gasteiger partial charge is 0.237 e. The zero-order valence-corrected chi connectivity index (χ0v) is 11.1. The van der Waals surface area contributed by atoms with Crippen molar-refractivity contribution in [3.05, 3.63) is 21.7 Å². The van der Waals surface area contributed by atoms with Gasteiger partial charge in [0.1, 0.15) is 5.76 Å². The van der Waals surface area contributed by atoms with Gasteiger partial charge in [0.15, 0.2) is 3.77 Å². The van der Waals surface area contributed by atoms with Gasteiger partial charge in [0.25, 0.3) is 0 Å². The molecule has 2 heterocycles. The van der Waals surface area contributed by atoms with Gasteiger partial charge in [-0.2, -0.15) is 0 Å². The Morgan fingerprint density at radius 1 is 1.50 bits per heavy atom. The van der Waals surface area contributed by atoms with Crippen LogP contribution in [0, 0.1) is 3.77 Å². The van der Waals surface area contributed by atoms with Gasteiger partial charge < -0.3 is 9.73 Å². The maximum Gasteiger partial charge on any atom is 0.237 e. The predicted octanol–water partition coefficient (Wildman–Crippen LogP) is 1.64. The molecule has 5 heteroatoms.